The highest BCUT2D eigenvalue weighted by molar-refractivity contribution is 7.89. The molecular formula is C17H18Cl2N2O5S. The number of methoxy groups -OCH3 is 1. The van der Waals surface area contributed by atoms with Gasteiger partial charge in [0.25, 0.3) is 5.91 Å². The Morgan fingerprint density at radius 3 is 2.30 bits per heavy atom. The van der Waals surface area contributed by atoms with Crippen molar-refractivity contribution in [3.63, 3.8) is 0 Å². The molecule has 146 valence electrons. The molecule has 1 amide bonds. The molecule has 27 heavy (non-hydrogen) atoms. The fourth-order valence-electron chi connectivity index (χ4n) is 2.02. The number of anilines is 1. The van der Waals surface area contributed by atoms with E-state index in [0.29, 0.717) is 21.5 Å². The molecule has 0 radical (unpaired) electrons. The summed E-state index contributed by atoms with van der Waals surface area (Å²) < 4.78 is 36.7. The van der Waals surface area contributed by atoms with E-state index in [1.54, 1.807) is 18.2 Å². The molecule has 0 saturated carbocycles. The number of halogens is 2. The van der Waals surface area contributed by atoms with Gasteiger partial charge in [-0.15, -0.1) is 0 Å². The number of ether oxygens (including phenoxy) is 2. The molecule has 10 heteroatoms. The van der Waals surface area contributed by atoms with Crippen LogP contribution < -0.4 is 14.8 Å². The van der Waals surface area contributed by atoms with Crippen LogP contribution in [0.1, 0.15) is 0 Å². The quantitative estimate of drug-likeness (QED) is 0.594. The second kappa shape index (κ2) is 9.91. The fourth-order valence-corrected chi connectivity index (χ4v) is 3.52. The zero-order valence-corrected chi connectivity index (χ0v) is 16.7. The predicted octanol–water partition coefficient (Wildman–Crippen LogP) is 2.94. The largest absolute Gasteiger partial charge is 0.484 e. The van der Waals surface area contributed by atoms with Crippen molar-refractivity contribution in [1.29, 1.82) is 0 Å². The number of rotatable bonds is 9. The van der Waals surface area contributed by atoms with Gasteiger partial charge >= 0.3 is 0 Å². The van der Waals surface area contributed by atoms with Crippen LogP contribution in [0.3, 0.4) is 0 Å². The lowest BCUT2D eigenvalue weighted by molar-refractivity contribution is -0.118. The second-order valence-electron chi connectivity index (χ2n) is 5.30. The van der Waals surface area contributed by atoms with Crippen molar-refractivity contribution in [1.82, 2.24) is 4.72 Å². The molecule has 0 aromatic heterocycles. The van der Waals surface area contributed by atoms with E-state index in [9.17, 15) is 13.2 Å². The van der Waals surface area contributed by atoms with Gasteiger partial charge in [0.05, 0.1) is 27.2 Å². The number of sulfonamides is 1. The lowest BCUT2D eigenvalue weighted by Gasteiger charge is -2.11. The maximum Gasteiger partial charge on any atom is 0.262 e. The third-order valence-corrected chi connectivity index (χ3v) is 5.44. The van der Waals surface area contributed by atoms with Gasteiger partial charge in [-0.2, -0.15) is 0 Å². The van der Waals surface area contributed by atoms with E-state index in [4.69, 9.17) is 32.7 Å². The molecule has 2 N–H and O–H groups in total. The van der Waals surface area contributed by atoms with E-state index in [2.05, 4.69) is 10.0 Å². The maximum atomic E-state index is 12.1. The van der Waals surface area contributed by atoms with Crippen molar-refractivity contribution < 1.29 is 22.7 Å². The minimum atomic E-state index is -3.62. The average Bonchev–Trinajstić information content (AvgIpc) is 2.64. The van der Waals surface area contributed by atoms with Crippen molar-refractivity contribution >= 4 is 44.8 Å². The number of benzene rings is 2. The van der Waals surface area contributed by atoms with Crippen LogP contribution in [0.15, 0.2) is 47.4 Å². The molecule has 0 fully saturated rings. The van der Waals surface area contributed by atoms with Gasteiger partial charge in [-0.1, -0.05) is 29.3 Å². The van der Waals surface area contributed by atoms with Gasteiger partial charge in [0, 0.05) is 13.7 Å². The Labute approximate surface area is 167 Å². The molecule has 2 rings (SSSR count). The second-order valence-corrected chi connectivity index (χ2v) is 7.88. The van der Waals surface area contributed by atoms with Crippen LogP contribution in [0.4, 0.5) is 5.69 Å². The Balaban J connectivity index is 1.92. The Bertz CT molecular complexity index is 868. The van der Waals surface area contributed by atoms with Gasteiger partial charge < -0.3 is 14.8 Å². The molecule has 0 aliphatic rings. The molecule has 0 bridgehead atoms. The van der Waals surface area contributed by atoms with Crippen molar-refractivity contribution in [3.05, 3.63) is 52.5 Å². The number of nitrogens with one attached hydrogen (secondary N) is 2. The van der Waals surface area contributed by atoms with E-state index in [-0.39, 0.29) is 24.7 Å². The van der Waals surface area contributed by atoms with E-state index in [1.165, 1.54) is 31.4 Å². The minimum Gasteiger partial charge on any atom is -0.484 e. The van der Waals surface area contributed by atoms with E-state index >= 15 is 0 Å². The third-order valence-electron chi connectivity index (χ3n) is 3.33. The summed E-state index contributed by atoms with van der Waals surface area (Å²) in [6.45, 7) is 0.145. The summed E-state index contributed by atoms with van der Waals surface area (Å²) in [6, 6.07) is 10.5. The summed E-state index contributed by atoms with van der Waals surface area (Å²) in [6.07, 6.45) is 0. The van der Waals surface area contributed by atoms with Gasteiger partial charge in [0.15, 0.2) is 6.61 Å². The first-order valence-electron chi connectivity index (χ1n) is 7.79. The Morgan fingerprint density at radius 2 is 1.70 bits per heavy atom. The summed E-state index contributed by atoms with van der Waals surface area (Å²) in [7, 11) is -2.14. The molecule has 7 nitrogen and oxygen atoms in total. The number of hydrogen-bond donors (Lipinski definition) is 2. The number of para-hydroxylation sites is 1. The summed E-state index contributed by atoms with van der Waals surface area (Å²) in [5, 5.41) is 3.19. The number of hydrogen-bond acceptors (Lipinski definition) is 5. The summed E-state index contributed by atoms with van der Waals surface area (Å²) in [4.78, 5) is 12.1. The van der Waals surface area contributed by atoms with Crippen molar-refractivity contribution in [2.45, 2.75) is 4.90 Å². The molecule has 0 unspecified atom stereocenters. The molecule has 0 aliphatic heterocycles. The number of carbonyl (C=O) groups is 1. The lowest BCUT2D eigenvalue weighted by atomic mass is 10.3. The normalized spacial score (nSPS) is 11.2. The monoisotopic (exact) mass is 432 g/mol. The number of carbonyl (C=O) groups excluding carboxylic acids is 1. The third kappa shape index (κ3) is 6.37. The Kier molecular flexibility index (Phi) is 7.88. The fraction of sp³-hybridized carbons (Fsp3) is 0.235. The van der Waals surface area contributed by atoms with E-state index in [1.807, 2.05) is 0 Å². The highest BCUT2D eigenvalue weighted by Crippen LogP contribution is 2.29. The van der Waals surface area contributed by atoms with Gasteiger partial charge in [-0.3, -0.25) is 4.79 Å². The van der Waals surface area contributed by atoms with Gasteiger partial charge in [-0.05, 0) is 36.4 Å². The molecule has 2 aromatic rings. The first kappa shape index (κ1) is 21.5. The van der Waals surface area contributed by atoms with Crippen molar-refractivity contribution in [3.8, 4) is 5.75 Å². The van der Waals surface area contributed by atoms with Gasteiger partial charge in [0.1, 0.15) is 5.75 Å². The van der Waals surface area contributed by atoms with Crippen molar-refractivity contribution in [2.75, 3.05) is 32.2 Å². The standard InChI is InChI=1S/C17H18Cl2N2O5S/c1-25-10-9-20-27(23,24)13-7-5-12(6-8-13)26-11-16(22)21-17-14(18)3-2-4-15(17)19/h2-8,20H,9-11H2,1H3,(H,21,22). The maximum absolute atomic E-state index is 12.1. The van der Waals surface area contributed by atoms with E-state index < -0.39 is 15.9 Å². The molecule has 0 spiro atoms. The van der Waals surface area contributed by atoms with Crippen LogP contribution >= 0.6 is 23.2 Å². The summed E-state index contributed by atoms with van der Waals surface area (Å²) in [5.41, 5.74) is 0.304. The number of amides is 1. The molecule has 0 aliphatic carbocycles. The van der Waals surface area contributed by atoms with Crippen molar-refractivity contribution in [2.24, 2.45) is 0 Å². The van der Waals surface area contributed by atoms with Crippen LogP contribution in [0.5, 0.6) is 5.75 Å². The first-order chi connectivity index (χ1) is 12.8. The average molecular weight is 433 g/mol. The molecule has 0 atom stereocenters. The lowest BCUT2D eigenvalue weighted by Crippen LogP contribution is -2.27. The molecule has 0 heterocycles. The highest BCUT2D eigenvalue weighted by Gasteiger charge is 2.14. The van der Waals surface area contributed by atoms with Gasteiger partial charge in [-0.25, -0.2) is 13.1 Å². The van der Waals surface area contributed by atoms with Crippen LogP contribution in [0, 0.1) is 0 Å². The Hall–Kier alpha value is -1.84. The Morgan fingerprint density at radius 1 is 1.07 bits per heavy atom. The SMILES string of the molecule is COCCNS(=O)(=O)c1ccc(OCC(=O)Nc2c(Cl)cccc2Cl)cc1. The topological polar surface area (TPSA) is 93.7 Å². The zero-order valence-electron chi connectivity index (χ0n) is 14.4. The minimum absolute atomic E-state index is 0.0817. The van der Waals surface area contributed by atoms with Gasteiger partial charge in [0.2, 0.25) is 10.0 Å². The summed E-state index contributed by atoms with van der Waals surface area (Å²) >= 11 is 12.0. The molecular weight excluding hydrogens is 415 g/mol. The molecule has 0 saturated heterocycles. The van der Waals surface area contributed by atoms with Crippen LogP contribution in [0.2, 0.25) is 10.0 Å². The van der Waals surface area contributed by atoms with Crippen LogP contribution in [-0.4, -0.2) is 41.2 Å². The van der Waals surface area contributed by atoms with Crippen LogP contribution in [0.25, 0.3) is 0 Å². The van der Waals surface area contributed by atoms with Crippen LogP contribution in [-0.2, 0) is 19.6 Å². The summed E-state index contributed by atoms with van der Waals surface area (Å²) in [5.74, 6) is -0.117. The van der Waals surface area contributed by atoms with E-state index in [0.717, 1.165) is 0 Å². The highest BCUT2D eigenvalue weighted by atomic mass is 35.5. The predicted molar refractivity (Wildman–Crippen MR) is 104 cm³/mol. The smallest absolute Gasteiger partial charge is 0.262 e. The zero-order chi connectivity index (χ0) is 19.9. The molecule has 2 aromatic carbocycles. The first-order valence-corrected chi connectivity index (χ1v) is 10.0.